The van der Waals surface area contributed by atoms with Gasteiger partial charge in [0.1, 0.15) is 11.5 Å². The standard InChI is InChI=1S/C11H22O2S/c1-4-6-8-14(9-7-5-2)10(3)11(12)13/h10H,4-9H2,1-3H3. The van der Waals surface area contributed by atoms with E-state index in [9.17, 15) is 9.90 Å². The lowest BCUT2D eigenvalue weighted by Crippen LogP contribution is -2.41. The third-order valence-corrected chi connectivity index (χ3v) is 5.17. The van der Waals surface area contributed by atoms with Gasteiger partial charge < -0.3 is 9.90 Å². The minimum absolute atomic E-state index is 0.0389. The molecule has 0 aliphatic heterocycles. The number of carbonyl (C=O) groups excluding carboxylic acids is 1. The third kappa shape index (κ3) is 5.53. The first-order valence-electron chi connectivity index (χ1n) is 5.50. The molecule has 1 unspecified atom stereocenters. The van der Waals surface area contributed by atoms with Gasteiger partial charge in [-0.2, -0.15) is 0 Å². The maximum absolute atomic E-state index is 10.8. The first-order chi connectivity index (χ1) is 6.63. The zero-order valence-electron chi connectivity index (χ0n) is 9.54. The van der Waals surface area contributed by atoms with Gasteiger partial charge in [0.25, 0.3) is 0 Å². The van der Waals surface area contributed by atoms with E-state index < -0.39 is 5.97 Å². The second-order valence-corrected chi connectivity index (χ2v) is 6.21. The van der Waals surface area contributed by atoms with Crippen LogP contribution in [0, 0.1) is 0 Å². The molecule has 3 heteroatoms. The van der Waals surface area contributed by atoms with Gasteiger partial charge in [-0.25, -0.2) is 0 Å². The zero-order valence-corrected chi connectivity index (χ0v) is 10.4. The zero-order chi connectivity index (χ0) is 11.0. The van der Waals surface area contributed by atoms with E-state index in [2.05, 4.69) is 13.8 Å². The van der Waals surface area contributed by atoms with Gasteiger partial charge in [-0.15, -0.1) is 0 Å². The quantitative estimate of drug-likeness (QED) is 0.577. The van der Waals surface area contributed by atoms with Crippen LogP contribution in [0.2, 0.25) is 0 Å². The Balaban J connectivity index is 4.01. The van der Waals surface area contributed by atoms with Gasteiger partial charge in [0.15, 0.2) is 5.25 Å². The molecule has 0 amide bonds. The lowest BCUT2D eigenvalue weighted by molar-refractivity contribution is -0.304. The highest BCUT2D eigenvalue weighted by atomic mass is 32.2. The topological polar surface area (TPSA) is 40.1 Å². The van der Waals surface area contributed by atoms with Crippen LogP contribution in [-0.4, -0.2) is 22.7 Å². The lowest BCUT2D eigenvalue weighted by atomic mass is 10.4. The maximum atomic E-state index is 10.8. The fourth-order valence-electron chi connectivity index (χ4n) is 1.25. The van der Waals surface area contributed by atoms with Gasteiger partial charge in [-0.3, -0.25) is 0 Å². The minimum Gasteiger partial charge on any atom is -0.545 e. The Hall–Kier alpha value is -0.180. The Labute approximate surface area is 90.4 Å². The first-order valence-corrected chi connectivity index (χ1v) is 7.13. The second kappa shape index (κ2) is 8.16. The van der Waals surface area contributed by atoms with Gasteiger partial charge in [0.2, 0.25) is 0 Å². The second-order valence-electron chi connectivity index (χ2n) is 3.61. The van der Waals surface area contributed by atoms with Crippen LogP contribution in [0.3, 0.4) is 0 Å². The van der Waals surface area contributed by atoms with Gasteiger partial charge >= 0.3 is 0 Å². The molecular formula is C11H22O2S. The van der Waals surface area contributed by atoms with Crippen LogP contribution >= 0.6 is 0 Å². The fourth-order valence-corrected chi connectivity index (χ4v) is 3.75. The largest absolute Gasteiger partial charge is 0.545 e. The van der Waals surface area contributed by atoms with E-state index in [4.69, 9.17) is 0 Å². The molecular weight excluding hydrogens is 196 g/mol. The molecule has 0 bridgehead atoms. The summed E-state index contributed by atoms with van der Waals surface area (Å²) in [7, 11) is 0.0389. The van der Waals surface area contributed by atoms with E-state index in [0.29, 0.717) is 0 Å². The average molecular weight is 218 g/mol. The molecule has 0 aromatic rings. The highest BCUT2D eigenvalue weighted by molar-refractivity contribution is 7.98. The molecule has 0 aliphatic carbocycles. The molecule has 0 saturated heterocycles. The molecule has 0 aromatic carbocycles. The van der Waals surface area contributed by atoms with E-state index in [0.717, 1.165) is 37.2 Å². The highest BCUT2D eigenvalue weighted by Crippen LogP contribution is 2.11. The molecule has 0 heterocycles. The summed E-state index contributed by atoms with van der Waals surface area (Å²) in [6.07, 6.45) is 4.58. The van der Waals surface area contributed by atoms with Crippen molar-refractivity contribution in [3.63, 3.8) is 0 Å². The Bertz CT molecular complexity index is 151. The molecule has 2 nitrogen and oxygen atoms in total. The number of hydrogen-bond donors (Lipinski definition) is 0. The molecule has 84 valence electrons. The van der Waals surface area contributed by atoms with E-state index in [1.807, 2.05) is 0 Å². The number of carbonyl (C=O) groups is 1. The molecule has 14 heavy (non-hydrogen) atoms. The Morgan fingerprint density at radius 2 is 1.64 bits per heavy atom. The van der Waals surface area contributed by atoms with Crippen molar-refractivity contribution >= 4 is 16.9 Å². The number of carboxylic acids is 1. The minimum atomic E-state index is -0.875. The molecule has 0 radical (unpaired) electrons. The van der Waals surface area contributed by atoms with Crippen molar-refractivity contribution in [3.05, 3.63) is 0 Å². The summed E-state index contributed by atoms with van der Waals surface area (Å²) in [5.74, 6) is 1.25. The molecule has 0 aromatic heterocycles. The normalized spacial score (nSPS) is 13.1. The Kier molecular flexibility index (Phi) is 8.05. The van der Waals surface area contributed by atoms with Crippen molar-refractivity contribution in [2.24, 2.45) is 0 Å². The van der Waals surface area contributed by atoms with Gasteiger partial charge in [0, 0.05) is 0 Å². The van der Waals surface area contributed by atoms with Crippen LogP contribution in [0.4, 0.5) is 0 Å². The number of rotatable bonds is 8. The molecule has 0 aliphatic rings. The van der Waals surface area contributed by atoms with Crippen molar-refractivity contribution in [1.82, 2.24) is 0 Å². The summed E-state index contributed by atoms with van der Waals surface area (Å²) in [5.41, 5.74) is 0. The monoisotopic (exact) mass is 218 g/mol. The summed E-state index contributed by atoms with van der Waals surface area (Å²) >= 11 is 0. The number of carboxylic acid groups (broad SMARTS) is 1. The molecule has 0 rings (SSSR count). The van der Waals surface area contributed by atoms with Crippen molar-refractivity contribution in [2.45, 2.75) is 51.7 Å². The van der Waals surface area contributed by atoms with Crippen LogP contribution in [0.15, 0.2) is 0 Å². The number of hydrogen-bond acceptors (Lipinski definition) is 2. The number of aliphatic carboxylic acids is 1. The van der Waals surface area contributed by atoms with Gasteiger partial charge in [0.05, 0.1) is 5.97 Å². The third-order valence-electron chi connectivity index (χ3n) is 2.35. The van der Waals surface area contributed by atoms with Crippen LogP contribution in [0.1, 0.15) is 46.5 Å². The van der Waals surface area contributed by atoms with E-state index >= 15 is 0 Å². The summed E-state index contributed by atoms with van der Waals surface area (Å²) < 4.78 is 0. The van der Waals surface area contributed by atoms with E-state index in [1.165, 1.54) is 0 Å². The lowest BCUT2D eigenvalue weighted by Gasteiger charge is -2.16. The van der Waals surface area contributed by atoms with E-state index in [-0.39, 0.29) is 16.1 Å². The summed E-state index contributed by atoms with van der Waals surface area (Å²) in [6, 6.07) is 0. The van der Waals surface area contributed by atoms with Crippen molar-refractivity contribution in [2.75, 3.05) is 11.5 Å². The summed E-state index contributed by atoms with van der Waals surface area (Å²) in [4.78, 5) is 10.8. The van der Waals surface area contributed by atoms with Crippen molar-refractivity contribution in [3.8, 4) is 0 Å². The predicted molar refractivity (Wildman–Crippen MR) is 61.4 cm³/mol. The smallest absolute Gasteiger partial charge is 0.154 e. The van der Waals surface area contributed by atoms with E-state index in [1.54, 1.807) is 6.92 Å². The number of unbranched alkanes of at least 4 members (excludes halogenated alkanes) is 2. The fraction of sp³-hybridized carbons (Fsp3) is 0.909. The molecule has 0 saturated carbocycles. The SMILES string of the molecule is CCCC[S+](CCCC)C(C)C(=O)[O-]. The van der Waals surface area contributed by atoms with Gasteiger partial charge in [-0.1, -0.05) is 26.7 Å². The van der Waals surface area contributed by atoms with Crippen LogP contribution < -0.4 is 5.11 Å². The van der Waals surface area contributed by atoms with Crippen molar-refractivity contribution in [1.29, 1.82) is 0 Å². The van der Waals surface area contributed by atoms with Gasteiger partial charge in [-0.05, 0) is 30.7 Å². The Morgan fingerprint density at radius 3 is 1.93 bits per heavy atom. The molecule has 1 atom stereocenters. The first kappa shape index (κ1) is 13.8. The van der Waals surface area contributed by atoms with Crippen LogP contribution in [-0.2, 0) is 15.7 Å². The maximum Gasteiger partial charge on any atom is 0.154 e. The Morgan fingerprint density at radius 1 is 1.21 bits per heavy atom. The molecule has 0 fully saturated rings. The highest BCUT2D eigenvalue weighted by Gasteiger charge is 2.25. The summed E-state index contributed by atoms with van der Waals surface area (Å²) in [6.45, 7) is 6.08. The summed E-state index contributed by atoms with van der Waals surface area (Å²) in [5, 5.41) is 10.5. The van der Waals surface area contributed by atoms with Crippen LogP contribution in [0.25, 0.3) is 0 Å². The predicted octanol–water partition coefficient (Wildman–Crippen LogP) is 1.34. The van der Waals surface area contributed by atoms with Crippen LogP contribution in [0.5, 0.6) is 0 Å². The molecule has 0 N–H and O–H groups in total. The van der Waals surface area contributed by atoms with Crippen molar-refractivity contribution < 1.29 is 9.90 Å². The molecule has 0 spiro atoms. The average Bonchev–Trinajstić information content (AvgIpc) is 2.17.